The van der Waals surface area contributed by atoms with Crippen LogP contribution in [0, 0.1) is 11.6 Å². The summed E-state index contributed by atoms with van der Waals surface area (Å²) >= 11 is 0. The summed E-state index contributed by atoms with van der Waals surface area (Å²) in [5.41, 5.74) is 7.64. The van der Waals surface area contributed by atoms with Gasteiger partial charge in [-0.1, -0.05) is 24.3 Å². The van der Waals surface area contributed by atoms with E-state index in [0.29, 0.717) is 22.3 Å². The van der Waals surface area contributed by atoms with Crippen LogP contribution in [-0.4, -0.2) is 18.2 Å². The summed E-state index contributed by atoms with van der Waals surface area (Å²) in [4.78, 5) is 11.9. The molecule has 3 aromatic carbocycles. The van der Waals surface area contributed by atoms with Crippen LogP contribution in [0.1, 0.15) is 10.4 Å². The minimum atomic E-state index is -1.25. The first-order valence-electron chi connectivity index (χ1n) is 7.68. The van der Waals surface area contributed by atoms with Gasteiger partial charge in [0.15, 0.2) is 0 Å². The summed E-state index contributed by atoms with van der Waals surface area (Å²) in [6.07, 6.45) is 0. The lowest BCUT2D eigenvalue weighted by Crippen LogP contribution is -2.08. The number of halogens is 2. The summed E-state index contributed by atoms with van der Waals surface area (Å²) < 4.78 is 31.8. The van der Waals surface area contributed by atoms with E-state index in [1.807, 2.05) is 0 Å². The molecule has 26 heavy (non-hydrogen) atoms. The Morgan fingerprint density at radius 3 is 1.92 bits per heavy atom. The molecule has 0 aliphatic carbocycles. The number of nitrogen functional groups attached to an aromatic ring is 1. The fourth-order valence-corrected chi connectivity index (χ4v) is 2.84. The van der Waals surface area contributed by atoms with Crippen molar-refractivity contribution in [3.63, 3.8) is 0 Å². The minimum absolute atomic E-state index is 0.0369. The van der Waals surface area contributed by atoms with E-state index in [9.17, 15) is 18.7 Å². The lowest BCUT2D eigenvalue weighted by Gasteiger charge is -2.18. The second kappa shape index (κ2) is 6.84. The van der Waals surface area contributed by atoms with Gasteiger partial charge in [-0.15, -0.1) is 0 Å². The van der Waals surface area contributed by atoms with Crippen molar-refractivity contribution in [2.75, 3.05) is 12.8 Å². The monoisotopic (exact) mass is 355 g/mol. The predicted molar refractivity (Wildman–Crippen MR) is 95.2 cm³/mol. The van der Waals surface area contributed by atoms with E-state index < -0.39 is 17.6 Å². The van der Waals surface area contributed by atoms with Crippen LogP contribution in [-0.2, 0) is 0 Å². The topological polar surface area (TPSA) is 72.5 Å². The minimum Gasteiger partial charge on any atom is -0.495 e. The van der Waals surface area contributed by atoms with Crippen molar-refractivity contribution in [1.82, 2.24) is 0 Å². The van der Waals surface area contributed by atoms with E-state index in [-0.39, 0.29) is 17.0 Å². The number of methoxy groups -OCH3 is 1. The summed E-state index contributed by atoms with van der Waals surface area (Å²) in [7, 11) is 1.38. The molecule has 0 amide bonds. The van der Waals surface area contributed by atoms with Gasteiger partial charge >= 0.3 is 5.97 Å². The van der Waals surface area contributed by atoms with E-state index >= 15 is 0 Å². The molecule has 3 rings (SSSR count). The Balaban J connectivity index is 2.40. The van der Waals surface area contributed by atoms with Crippen molar-refractivity contribution < 1.29 is 23.4 Å². The van der Waals surface area contributed by atoms with E-state index in [4.69, 9.17) is 10.5 Å². The molecule has 0 aliphatic rings. The maximum Gasteiger partial charge on any atom is 0.338 e. The van der Waals surface area contributed by atoms with Gasteiger partial charge < -0.3 is 15.6 Å². The molecular weight excluding hydrogens is 340 g/mol. The highest BCUT2D eigenvalue weighted by Crippen LogP contribution is 2.42. The smallest absolute Gasteiger partial charge is 0.338 e. The molecular formula is C20H15F2NO3. The number of hydrogen-bond acceptors (Lipinski definition) is 3. The van der Waals surface area contributed by atoms with Crippen LogP contribution >= 0.6 is 0 Å². The van der Waals surface area contributed by atoms with E-state index in [1.165, 1.54) is 55.6 Å². The molecule has 0 aromatic heterocycles. The highest BCUT2D eigenvalue weighted by molar-refractivity contribution is 6.07. The van der Waals surface area contributed by atoms with E-state index in [1.54, 1.807) is 6.07 Å². The number of carboxylic acid groups (broad SMARTS) is 1. The molecule has 0 radical (unpaired) electrons. The summed E-state index contributed by atoms with van der Waals surface area (Å²) in [6.45, 7) is 0. The van der Waals surface area contributed by atoms with Crippen molar-refractivity contribution in [2.45, 2.75) is 0 Å². The van der Waals surface area contributed by atoms with Gasteiger partial charge in [0, 0.05) is 5.56 Å². The van der Waals surface area contributed by atoms with Gasteiger partial charge in [-0.3, -0.25) is 0 Å². The molecule has 6 heteroatoms. The Kier molecular flexibility index (Phi) is 4.58. The van der Waals surface area contributed by atoms with E-state index in [0.717, 1.165) is 0 Å². The number of hydrogen-bond donors (Lipinski definition) is 2. The first-order valence-corrected chi connectivity index (χ1v) is 7.68. The van der Waals surface area contributed by atoms with Gasteiger partial charge in [0.05, 0.1) is 18.4 Å². The van der Waals surface area contributed by atoms with Crippen molar-refractivity contribution in [1.29, 1.82) is 0 Å². The molecule has 0 saturated carbocycles. The quantitative estimate of drug-likeness (QED) is 0.672. The Labute approximate surface area is 148 Å². The van der Waals surface area contributed by atoms with Crippen molar-refractivity contribution in [3.05, 3.63) is 71.8 Å². The zero-order valence-electron chi connectivity index (χ0n) is 13.8. The van der Waals surface area contributed by atoms with Crippen LogP contribution < -0.4 is 10.5 Å². The number of carbonyl (C=O) groups is 1. The molecule has 0 bridgehead atoms. The molecule has 3 aromatic rings. The number of ether oxygens (including phenoxy) is 1. The number of benzene rings is 3. The van der Waals surface area contributed by atoms with Gasteiger partial charge in [-0.2, -0.15) is 0 Å². The van der Waals surface area contributed by atoms with Crippen LogP contribution in [0.5, 0.6) is 5.75 Å². The van der Waals surface area contributed by atoms with Gasteiger partial charge in [0.2, 0.25) is 0 Å². The van der Waals surface area contributed by atoms with Gasteiger partial charge in [-0.05, 0) is 47.0 Å². The highest BCUT2D eigenvalue weighted by atomic mass is 19.1. The fourth-order valence-electron chi connectivity index (χ4n) is 2.84. The Bertz CT molecular complexity index is 968. The molecule has 0 fully saturated rings. The molecule has 0 aliphatic heterocycles. The molecule has 0 saturated heterocycles. The third kappa shape index (κ3) is 3.09. The van der Waals surface area contributed by atoms with Crippen LogP contribution in [0.3, 0.4) is 0 Å². The summed E-state index contributed by atoms with van der Waals surface area (Å²) in [5, 5.41) is 9.73. The third-order valence-corrected chi connectivity index (χ3v) is 4.05. The zero-order chi connectivity index (χ0) is 18.8. The average molecular weight is 355 g/mol. The van der Waals surface area contributed by atoms with Crippen molar-refractivity contribution in [3.8, 4) is 28.0 Å². The van der Waals surface area contributed by atoms with Crippen molar-refractivity contribution in [2.24, 2.45) is 0 Å². The summed E-state index contributed by atoms with van der Waals surface area (Å²) in [6, 6.07) is 12.6. The number of carboxylic acids is 1. The highest BCUT2D eigenvalue weighted by Gasteiger charge is 2.24. The second-order valence-corrected chi connectivity index (χ2v) is 5.61. The second-order valence-electron chi connectivity index (χ2n) is 5.61. The van der Waals surface area contributed by atoms with Crippen LogP contribution in [0.25, 0.3) is 22.3 Å². The first-order chi connectivity index (χ1) is 12.4. The van der Waals surface area contributed by atoms with Crippen molar-refractivity contribution >= 4 is 11.7 Å². The average Bonchev–Trinajstić information content (AvgIpc) is 2.62. The lowest BCUT2D eigenvalue weighted by atomic mass is 9.89. The Hall–Kier alpha value is -3.41. The lowest BCUT2D eigenvalue weighted by molar-refractivity contribution is 0.0698. The first kappa shape index (κ1) is 17.4. The SMILES string of the molecule is COc1cc(-c2ccc(F)cc2)c(-c2ccc(F)cc2)c(C(=O)O)c1N. The Morgan fingerprint density at radius 2 is 1.46 bits per heavy atom. The number of nitrogens with two attached hydrogens (primary N) is 1. The Morgan fingerprint density at radius 1 is 0.962 bits per heavy atom. The summed E-state index contributed by atoms with van der Waals surface area (Å²) in [5.74, 6) is -1.93. The van der Waals surface area contributed by atoms with Gasteiger partial charge in [0.1, 0.15) is 17.4 Å². The molecule has 3 N–H and O–H groups in total. The zero-order valence-corrected chi connectivity index (χ0v) is 13.8. The number of anilines is 1. The number of aromatic carboxylic acids is 1. The van der Waals surface area contributed by atoms with Gasteiger partial charge in [-0.25, -0.2) is 13.6 Å². The van der Waals surface area contributed by atoms with Crippen LogP contribution in [0.15, 0.2) is 54.6 Å². The largest absolute Gasteiger partial charge is 0.495 e. The standard InChI is InChI=1S/C20H15F2NO3/c1-26-16-10-15(11-2-6-13(21)7-3-11)17(18(19(16)23)20(24)25)12-4-8-14(22)9-5-12/h2-10H,23H2,1H3,(H,24,25). The molecule has 0 heterocycles. The molecule has 0 unspecified atom stereocenters. The molecule has 132 valence electrons. The normalized spacial score (nSPS) is 10.6. The third-order valence-electron chi connectivity index (χ3n) is 4.05. The van der Waals surface area contributed by atoms with Crippen LogP contribution in [0.2, 0.25) is 0 Å². The fraction of sp³-hybridized carbons (Fsp3) is 0.0500. The van der Waals surface area contributed by atoms with E-state index in [2.05, 4.69) is 0 Å². The number of rotatable bonds is 4. The molecule has 4 nitrogen and oxygen atoms in total. The predicted octanol–water partition coefficient (Wildman–Crippen LogP) is 4.59. The van der Waals surface area contributed by atoms with Gasteiger partial charge in [0.25, 0.3) is 0 Å². The maximum atomic E-state index is 13.3. The molecule has 0 atom stereocenters. The maximum absolute atomic E-state index is 13.3. The van der Waals surface area contributed by atoms with Crippen LogP contribution in [0.4, 0.5) is 14.5 Å². The molecule has 0 spiro atoms.